The third-order valence-corrected chi connectivity index (χ3v) is 4.93. The van der Waals surface area contributed by atoms with Gasteiger partial charge in [-0.05, 0) is 18.7 Å². The molecule has 0 aliphatic heterocycles. The van der Waals surface area contributed by atoms with Crippen LogP contribution in [-0.2, 0) is 10.0 Å². The number of nitrogens with one attached hydrogen (secondary N) is 1. The van der Waals surface area contributed by atoms with Crippen LogP contribution in [0.25, 0.3) is 0 Å². The predicted octanol–water partition coefficient (Wildman–Crippen LogP) is 2.15. The van der Waals surface area contributed by atoms with Crippen LogP contribution in [0.15, 0.2) is 23.4 Å². The van der Waals surface area contributed by atoms with Gasteiger partial charge in [0, 0.05) is 24.2 Å². The number of halogens is 1. The fraction of sp³-hybridized carbons (Fsp3) is 0.500. The number of pyridine rings is 1. The molecule has 1 N–H and O–H groups in total. The first-order valence-electron chi connectivity index (χ1n) is 5.12. The van der Waals surface area contributed by atoms with Gasteiger partial charge in [-0.1, -0.05) is 18.5 Å². The Morgan fingerprint density at radius 3 is 2.82 bits per heavy atom. The fourth-order valence-electron chi connectivity index (χ4n) is 1.28. The normalized spacial score (nSPS) is 13.6. The minimum Gasteiger partial charge on any atom is -0.263 e. The van der Waals surface area contributed by atoms with Crippen LogP contribution < -0.4 is 4.72 Å². The van der Waals surface area contributed by atoms with Crippen LogP contribution >= 0.6 is 23.4 Å². The molecule has 0 saturated heterocycles. The van der Waals surface area contributed by atoms with Crippen LogP contribution in [0.1, 0.15) is 13.3 Å². The molecule has 0 aromatic carbocycles. The lowest BCUT2D eigenvalue weighted by molar-refractivity contribution is 0.558. The van der Waals surface area contributed by atoms with Crippen molar-refractivity contribution >= 4 is 33.4 Å². The van der Waals surface area contributed by atoms with Crippen molar-refractivity contribution in [3.8, 4) is 0 Å². The van der Waals surface area contributed by atoms with Crippen LogP contribution in [0.4, 0.5) is 0 Å². The van der Waals surface area contributed by atoms with E-state index in [1.165, 1.54) is 18.5 Å². The summed E-state index contributed by atoms with van der Waals surface area (Å²) in [6.45, 7) is 1.94. The van der Waals surface area contributed by atoms with E-state index in [4.69, 9.17) is 11.6 Å². The second-order valence-electron chi connectivity index (χ2n) is 3.49. The summed E-state index contributed by atoms with van der Waals surface area (Å²) < 4.78 is 26.7. The van der Waals surface area contributed by atoms with E-state index in [-0.39, 0.29) is 16.0 Å². The smallest absolute Gasteiger partial charge is 0.243 e. The summed E-state index contributed by atoms with van der Waals surface area (Å²) in [4.78, 5) is 3.81. The van der Waals surface area contributed by atoms with Crippen molar-refractivity contribution < 1.29 is 8.42 Å². The van der Waals surface area contributed by atoms with Gasteiger partial charge in [-0.25, -0.2) is 13.1 Å². The molecule has 0 radical (unpaired) electrons. The lowest BCUT2D eigenvalue weighted by Gasteiger charge is -2.16. The zero-order chi connectivity index (χ0) is 12.9. The molecule has 0 spiro atoms. The van der Waals surface area contributed by atoms with Gasteiger partial charge >= 0.3 is 0 Å². The average Bonchev–Trinajstić information content (AvgIpc) is 2.28. The maximum absolute atomic E-state index is 12.1. The van der Waals surface area contributed by atoms with Crippen LogP contribution in [0.2, 0.25) is 5.02 Å². The Labute approximate surface area is 111 Å². The summed E-state index contributed by atoms with van der Waals surface area (Å²) in [6.07, 6.45) is 5.39. The number of aromatic nitrogens is 1. The molecule has 17 heavy (non-hydrogen) atoms. The summed E-state index contributed by atoms with van der Waals surface area (Å²) in [5, 5.41) is 0.187. The van der Waals surface area contributed by atoms with Crippen LogP contribution in [-0.4, -0.2) is 31.5 Å². The highest BCUT2D eigenvalue weighted by Crippen LogP contribution is 2.19. The minimum absolute atomic E-state index is 0.0289. The van der Waals surface area contributed by atoms with E-state index in [1.807, 2.05) is 13.2 Å². The van der Waals surface area contributed by atoms with E-state index in [0.29, 0.717) is 0 Å². The maximum Gasteiger partial charge on any atom is 0.243 e. The zero-order valence-electron chi connectivity index (χ0n) is 9.68. The number of rotatable bonds is 6. The summed E-state index contributed by atoms with van der Waals surface area (Å²) in [5.41, 5.74) is 0. The third kappa shape index (κ3) is 4.13. The van der Waals surface area contributed by atoms with Gasteiger partial charge in [0.25, 0.3) is 0 Å². The van der Waals surface area contributed by atoms with Crippen LogP contribution in [0.3, 0.4) is 0 Å². The Hall–Kier alpha value is -0.300. The maximum atomic E-state index is 12.1. The first kappa shape index (κ1) is 14.8. The molecule has 0 saturated carbocycles. The lowest BCUT2D eigenvalue weighted by Crippen LogP contribution is -2.36. The van der Waals surface area contributed by atoms with Crippen molar-refractivity contribution in [3.05, 3.63) is 23.5 Å². The number of hydrogen-bond donors (Lipinski definition) is 1. The quantitative estimate of drug-likeness (QED) is 0.873. The monoisotopic (exact) mass is 294 g/mol. The summed E-state index contributed by atoms with van der Waals surface area (Å²) in [7, 11) is -3.58. The molecular weight excluding hydrogens is 280 g/mol. The highest BCUT2D eigenvalue weighted by Gasteiger charge is 2.21. The van der Waals surface area contributed by atoms with Crippen molar-refractivity contribution in [2.45, 2.75) is 24.3 Å². The number of sulfonamides is 1. The third-order valence-electron chi connectivity index (χ3n) is 2.21. The van der Waals surface area contributed by atoms with Crippen molar-refractivity contribution in [2.24, 2.45) is 0 Å². The van der Waals surface area contributed by atoms with E-state index < -0.39 is 10.0 Å². The van der Waals surface area contributed by atoms with Gasteiger partial charge in [0.2, 0.25) is 10.0 Å². The van der Waals surface area contributed by atoms with Gasteiger partial charge in [0.05, 0.1) is 5.02 Å². The summed E-state index contributed by atoms with van der Waals surface area (Å²) in [6, 6.07) is 1.37. The van der Waals surface area contributed by atoms with Gasteiger partial charge in [-0.3, -0.25) is 4.98 Å². The lowest BCUT2D eigenvalue weighted by atomic mass is 10.3. The van der Waals surface area contributed by atoms with Gasteiger partial charge < -0.3 is 0 Å². The van der Waals surface area contributed by atoms with Gasteiger partial charge in [0.1, 0.15) is 4.90 Å². The molecule has 4 nitrogen and oxygen atoms in total. The highest BCUT2D eigenvalue weighted by molar-refractivity contribution is 7.98. The SMILES string of the molecule is CCC(CSC)NS(=O)(=O)c1cnccc1Cl. The van der Waals surface area contributed by atoms with Gasteiger partial charge in [-0.15, -0.1) is 0 Å². The standard InChI is InChI=1S/C10H15ClN2O2S2/c1-3-8(7-16-2)13-17(14,15)10-6-12-5-4-9(10)11/h4-6,8,13H,3,7H2,1-2H3. The topological polar surface area (TPSA) is 59.1 Å². The minimum atomic E-state index is -3.58. The Morgan fingerprint density at radius 1 is 1.59 bits per heavy atom. The van der Waals surface area contributed by atoms with E-state index in [9.17, 15) is 8.42 Å². The van der Waals surface area contributed by atoms with E-state index in [0.717, 1.165) is 12.2 Å². The second-order valence-corrected chi connectivity index (χ2v) is 6.49. The molecular formula is C10H15ClN2O2S2. The Balaban J connectivity index is 2.92. The van der Waals surface area contributed by atoms with E-state index >= 15 is 0 Å². The highest BCUT2D eigenvalue weighted by atomic mass is 35.5. The average molecular weight is 295 g/mol. The fourth-order valence-corrected chi connectivity index (χ4v) is 3.86. The van der Waals surface area contributed by atoms with Gasteiger partial charge in [-0.2, -0.15) is 11.8 Å². The Kier molecular flexibility index (Phi) is 5.72. The zero-order valence-corrected chi connectivity index (χ0v) is 12.1. The molecule has 1 aromatic rings. The molecule has 7 heteroatoms. The van der Waals surface area contributed by atoms with Gasteiger partial charge in [0.15, 0.2) is 0 Å². The molecule has 0 amide bonds. The summed E-state index contributed by atoms with van der Waals surface area (Å²) in [5.74, 6) is 0.730. The molecule has 1 atom stereocenters. The molecule has 0 fully saturated rings. The molecule has 1 heterocycles. The number of hydrogen-bond acceptors (Lipinski definition) is 4. The number of nitrogens with zero attached hydrogens (tertiary/aromatic N) is 1. The van der Waals surface area contributed by atoms with E-state index in [2.05, 4.69) is 9.71 Å². The van der Waals surface area contributed by atoms with Crippen molar-refractivity contribution in [1.29, 1.82) is 0 Å². The summed E-state index contributed by atoms with van der Waals surface area (Å²) >= 11 is 7.45. The van der Waals surface area contributed by atoms with Crippen LogP contribution in [0, 0.1) is 0 Å². The molecule has 96 valence electrons. The second kappa shape index (κ2) is 6.58. The molecule has 0 bridgehead atoms. The first-order chi connectivity index (χ1) is 8.01. The van der Waals surface area contributed by atoms with E-state index in [1.54, 1.807) is 11.8 Å². The molecule has 1 aromatic heterocycles. The van der Waals surface area contributed by atoms with Crippen molar-refractivity contribution in [3.63, 3.8) is 0 Å². The number of thioether (sulfide) groups is 1. The predicted molar refractivity (Wildman–Crippen MR) is 72.0 cm³/mol. The Morgan fingerprint density at radius 2 is 2.29 bits per heavy atom. The molecule has 1 unspecified atom stereocenters. The largest absolute Gasteiger partial charge is 0.263 e. The van der Waals surface area contributed by atoms with Crippen LogP contribution in [0.5, 0.6) is 0 Å². The molecule has 0 aliphatic carbocycles. The molecule has 0 aliphatic rings. The van der Waals surface area contributed by atoms with Crippen molar-refractivity contribution in [1.82, 2.24) is 9.71 Å². The first-order valence-corrected chi connectivity index (χ1v) is 8.37. The van der Waals surface area contributed by atoms with Crippen molar-refractivity contribution in [2.75, 3.05) is 12.0 Å². The Bertz CT molecular complexity index is 465. The molecule has 1 rings (SSSR count).